The molecule has 0 atom stereocenters. The third-order valence-corrected chi connectivity index (χ3v) is 1.56. The Morgan fingerprint density at radius 3 is 2.36 bits per heavy atom. The highest BCUT2D eigenvalue weighted by atomic mass is 16.2. The van der Waals surface area contributed by atoms with E-state index in [0.717, 1.165) is 6.54 Å². The van der Waals surface area contributed by atoms with Gasteiger partial charge in [-0.25, -0.2) is 0 Å². The van der Waals surface area contributed by atoms with E-state index in [1.54, 1.807) is 12.2 Å². The number of hydrogen-bond acceptors (Lipinski definition) is 1. The van der Waals surface area contributed by atoms with E-state index in [0.29, 0.717) is 6.04 Å². The molecule has 2 nitrogen and oxygen atoms in total. The van der Waals surface area contributed by atoms with Gasteiger partial charge < -0.3 is 4.90 Å². The Morgan fingerprint density at radius 2 is 2.09 bits per heavy atom. The van der Waals surface area contributed by atoms with Crippen molar-refractivity contribution in [2.45, 2.75) is 33.7 Å². The normalized spacial score (nSPS) is 11.0. The molecule has 0 bridgehead atoms. The van der Waals surface area contributed by atoms with Gasteiger partial charge in [-0.05, 0) is 33.8 Å². The zero-order valence-corrected chi connectivity index (χ0v) is 7.79. The second kappa shape index (κ2) is 4.94. The zero-order valence-electron chi connectivity index (χ0n) is 7.79. The van der Waals surface area contributed by atoms with E-state index in [9.17, 15) is 4.79 Å². The molecule has 0 aliphatic carbocycles. The van der Waals surface area contributed by atoms with Crippen LogP contribution >= 0.6 is 0 Å². The molecule has 1 amide bonds. The molecule has 0 radical (unpaired) electrons. The summed E-state index contributed by atoms with van der Waals surface area (Å²) in [4.78, 5) is 13.1. The van der Waals surface area contributed by atoms with E-state index < -0.39 is 0 Å². The summed E-state index contributed by atoms with van der Waals surface area (Å²) in [6.45, 7) is 8.66. The maximum Gasteiger partial charge on any atom is 0.246 e. The highest BCUT2D eigenvalue weighted by Gasteiger charge is 2.10. The summed E-state index contributed by atoms with van der Waals surface area (Å²) in [7, 11) is 0. The molecular weight excluding hydrogens is 138 g/mol. The highest BCUT2D eigenvalue weighted by molar-refractivity contribution is 5.87. The van der Waals surface area contributed by atoms with Crippen LogP contribution in [0.3, 0.4) is 0 Å². The zero-order chi connectivity index (χ0) is 8.85. The lowest BCUT2D eigenvalue weighted by Crippen LogP contribution is -2.35. The smallest absolute Gasteiger partial charge is 0.246 e. The fourth-order valence-electron chi connectivity index (χ4n) is 1.01. The monoisotopic (exact) mass is 155 g/mol. The van der Waals surface area contributed by atoms with Gasteiger partial charge in [0.2, 0.25) is 5.91 Å². The minimum absolute atomic E-state index is 0.102. The number of rotatable bonds is 3. The van der Waals surface area contributed by atoms with Gasteiger partial charge in [0.1, 0.15) is 0 Å². The van der Waals surface area contributed by atoms with Crippen LogP contribution in [-0.4, -0.2) is 23.4 Å². The Bertz CT molecular complexity index is 150. The van der Waals surface area contributed by atoms with E-state index in [4.69, 9.17) is 0 Å². The predicted molar refractivity (Wildman–Crippen MR) is 47.3 cm³/mol. The predicted octanol–water partition coefficient (Wildman–Crippen LogP) is 1.82. The molecule has 0 aliphatic heterocycles. The number of nitrogens with zero attached hydrogens (tertiary/aromatic N) is 1. The average Bonchev–Trinajstić information content (AvgIpc) is 1.88. The summed E-state index contributed by atoms with van der Waals surface area (Å²) in [5, 5.41) is 0. The molecule has 0 aromatic carbocycles. The second-order valence-corrected chi connectivity index (χ2v) is 2.72. The van der Waals surface area contributed by atoms with Crippen molar-refractivity contribution >= 4 is 5.91 Å². The van der Waals surface area contributed by atoms with Gasteiger partial charge in [-0.15, -0.1) is 0 Å². The quantitative estimate of drug-likeness (QED) is 0.569. The van der Waals surface area contributed by atoms with E-state index >= 15 is 0 Å². The Hall–Kier alpha value is -0.790. The molecule has 0 unspecified atom stereocenters. The van der Waals surface area contributed by atoms with Crippen LogP contribution in [0.25, 0.3) is 0 Å². The van der Waals surface area contributed by atoms with Crippen LogP contribution < -0.4 is 0 Å². The van der Waals surface area contributed by atoms with Crippen molar-refractivity contribution in [3.63, 3.8) is 0 Å². The molecule has 0 rings (SSSR count). The lowest BCUT2D eigenvalue weighted by Gasteiger charge is -2.23. The standard InChI is InChI=1S/C9H17NO/c1-5-7-9(11)10(6-2)8(3)4/h5,7-8H,6H2,1-4H3/b7-5+. The maximum atomic E-state index is 11.3. The van der Waals surface area contributed by atoms with Gasteiger partial charge in [-0.1, -0.05) is 6.08 Å². The molecule has 0 heterocycles. The van der Waals surface area contributed by atoms with E-state index in [2.05, 4.69) is 0 Å². The molecule has 0 N–H and O–H groups in total. The molecule has 2 heteroatoms. The number of likely N-dealkylation sites (N-methyl/N-ethyl adjacent to an activating group) is 1. The van der Waals surface area contributed by atoms with E-state index in [-0.39, 0.29) is 5.91 Å². The summed E-state index contributed by atoms with van der Waals surface area (Å²) >= 11 is 0. The highest BCUT2D eigenvalue weighted by Crippen LogP contribution is 1.98. The maximum absolute atomic E-state index is 11.3. The first-order chi connectivity index (χ1) is 5.13. The van der Waals surface area contributed by atoms with Crippen LogP contribution in [-0.2, 0) is 4.79 Å². The molecule has 0 spiro atoms. The van der Waals surface area contributed by atoms with Crippen LogP contribution in [0.2, 0.25) is 0 Å². The molecular formula is C9H17NO. The third-order valence-electron chi connectivity index (χ3n) is 1.56. The molecule has 0 saturated carbocycles. The number of amides is 1. The first-order valence-corrected chi connectivity index (χ1v) is 4.06. The van der Waals surface area contributed by atoms with Crippen LogP contribution in [0.5, 0.6) is 0 Å². The average molecular weight is 155 g/mol. The van der Waals surface area contributed by atoms with Crippen molar-refractivity contribution in [2.24, 2.45) is 0 Å². The Morgan fingerprint density at radius 1 is 1.55 bits per heavy atom. The second-order valence-electron chi connectivity index (χ2n) is 2.72. The third kappa shape index (κ3) is 3.21. The van der Waals surface area contributed by atoms with E-state index in [1.807, 2.05) is 32.6 Å². The molecule has 64 valence electrons. The minimum atomic E-state index is 0.102. The van der Waals surface area contributed by atoms with Gasteiger partial charge in [0.05, 0.1) is 0 Å². The number of hydrogen-bond donors (Lipinski definition) is 0. The van der Waals surface area contributed by atoms with Gasteiger partial charge in [0.15, 0.2) is 0 Å². The first-order valence-electron chi connectivity index (χ1n) is 4.06. The van der Waals surface area contributed by atoms with Gasteiger partial charge in [0.25, 0.3) is 0 Å². The van der Waals surface area contributed by atoms with Crippen LogP contribution in [0, 0.1) is 0 Å². The van der Waals surface area contributed by atoms with Crippen molar-refractivity contribution in [3.8, 4) is 0 Å². The van der Waals surface area contributed by atoms with Gasteiger partial charge >= 0.3 is 0 Å². The van der Waals surface area contributed by atoms with Gasteiger partial charge in [0, 0.05) is 12.6 Å². The summed E-state index contributed by atoms with van der Waals surface area (Å²) < 4.78 is 0. The van der Waals surface area contributed by atoms with Crippen molar-refractivity contribution in [1.29, 1.82) is 0 Å². The fraction of sp³-hybridized carbons (Fsp3) is 0.667. The van der Waals surface area contributed by atoms with Gasteiger partial charge in [-0.3, -0.25) is 4.79 Å². The minimum Gasteiger partial charge on any atom is -0.337 e. The molecule has 11 heavy (non-hydrogen) atoms. The lowest BCUT2D eigenvalue weighted by atomic mass is 10.3. The van der Waals surface area contributed by atoms with Crippen molar-refractivity contribution in [2.75, 3.05) is 6.54 Å². The first kappa shape index (κ1) is 10.2. The fourth-order valence-corrected chi connectivity index (χ4v) is 1.01. The SMILES string of the molecule is C/C=C/C(=O)N(CC)C(C)C. The van der Waals surface area contributed by atoms with Crippen LogP contribution in [0.4, 0.5) is 0 Å². The Balaban J connectivity index is 4.14. The topological polar surface area (TPSA) is 20.3 Å². The molecule has 0 aromatic rings. The van der Waals surface area contributed by atoms with Crippen molar-refractivity contribution in [1.82, 2.24) is 4.90 Å². The molecule has 0 saturated heterocycles. The largest absolute Gasteiger partial charge is 0.337 e. The molecule has 0 aromatic heterocycles. The number of carbonyl (C=O) groups is 1. The Labute approximate surface area is 68.9 Å². The summed E-state index contributed by atoms with van der Waals surface area (Å²) in [6.07, 6.45) is 3.37. The number of carbonyl (C=O) groups excluding carboxylic acids is 1. The summed E-state index contributed by atoms with van der Waals surface area (Å²) in [6, 6.07) is 0.295. The Kier molecular flexibility index (Phi) is 4.59. The summed E-state index contributed by atoms with van der Waals surface area (Å²) in [5.74, 6) is 0.102. The molecule has 0 aliphatic rings. The van der Waals surface area contributed by atoms with Crippen molar-refractivity contribution in [3.05, 3.63) is 12.2 Å². The van der Waals surface area contributed by atoms with Crippen LogP contribution in [0.1, 0.15) is 27.7 Å². The van der Waals surface area contributed by atoms with Gasteiger partial charge in [-0.2, -0.15) is 0 Å². The number of allylic oxidation sites excluding steroid dienone is 1. The lowest BCUT2D eigenvalue weighted by molar-refractivity contribution is -0.127. The molecule has 0 fully saturated rings. The van der Waals surface area contributed by atoms with E-state index in [1.165, 1.54) is 0 Å². The van der Waals surface area contributed by atoms with Crippen molar-refractivity contribution < 1.29 is 4.79 Å². The van der Waals surface area contributed by atoms with Crippen LogP contribution in [0.15, 0.2) is 12.2 Å². The summed E-state index contributed by atoms with van der Waals surface area (Å²) in [5.41, 5.74) is 0.